The maximum atomic E-state index is 13.2. The van der Waals surface area contributed by atoms with Crippen LogP contribution >= 0.6 is 11.6 Å². The van der Waals surface area contributed by atoms with Crippen LogP contribution in [0.2, 0.25) is 5.02 Å². The van der Waals surface area contributed by atoms with Gasteiger partial charge in [0, 0.05) is 29.1 Å². The van der Waals surface area contributed by atoms with E-state index in [-0.39, 0.29) is 22.8 Å². The van der Waals surface area contributed by atoms with Gasteiger partial charge in [0.25, 0.3) is 5.91 Å². The Labute approximate surface area is 241 Å². The Hall–Kier alpha value is -2.55. The normalized spacial score (nSPS) is 32.2. The number of rotatable bonds is 1. The second kappa shape index (κ2) is 10.7. The van der Waals surface area contributed by atoms with E-state index in [4.69, 9.17) is 16.3 Å². The van der Waals surface area contributed by atoms with E-state index in [1.807, 2.05) is 6.07 Å². The summed E-state index contributed by atoms with van der Waals surface area (Å²) in [7, 11) is -3.94. The molecule has 2 aliphatic carbocycles. The second-order valence-electron chi connectivity index (χ2n) is 11.9. The van der Waals surface area contributed by atoms with Gasteiger partial charge in [-0.25, -0.2) is 13.1 Å². The van der Waals surface area contributed by atoms with Crippen LogP contribution in [0.25, 0.3) is 0 Å². The van der Waals surface area contributed by atoms with Crippen LogP contribution in [0, 0.1) is 11.8 Å². The van der Waals surface area contributed by atoms with Crippen molar-refractivity contribution in [1.29, 1.82) is 0 Å². The Morgan fingerprint density at radius 2 is 2.05 bits per heavy atom. The minimum atomic E-state index is -3.94. The molecule has 0 unspecified atom stereocenters. The fourth-order valence-electron chi connectivity index (χ4n) is 7.13. The lowest BCUT2D eigenvalue weighted by Gasteiger charge is -2.45. The standard InChI is InChI=1S/C31H37ClN2O5S/c1-2-24-6-3-7-28(35)25-11-8-22(25)17-34-18-31(14-4-5-20-15-23(32)10-12-26(20)31)19-39-29-13-9-21(16-27(29)34)30(36)33-40(24,37)38/h3,6,9-10,12-13,15-16,22,24-25,28,35H,2,4-5,7-8,11,14,17-19H2,1H3,(H,33,36)/b6-3+/t22-,24-,25+,28-,31-/m0/s1. The number of aliphatic hydroxyl groups is 1. The first kappa shape index (κ1) is 27.6. The lowest BCUT2D eigenvalue weighted by atomic mass is 9.68. The van der Waals surface area contributed by atoms with Crippen molar-refractivity contribution in [3.63, 3.8) is 0 Å². The number of fused-ring (bicyclic) bond motifs is 4. The van der Waals surface area contributed by atoms with Gasteiger partial charge in [-0.3, -0.25) is 4.79 Å². The van der Waals surface area contributed by atoms with E-state index in [2.05, 4.69) is 21.8 Å². The Morgan fingerprint density at radius 1 is 1.20 bits per heavy atom. The van der Waals surface area contributed by atoms with Crippen molar-refractivity contribution in [2.24, 2.45) is 11.8 Å². The number of nitrogens with one attached hydrogen (secondary N) is 1. The van der Waals surface area contributed by atoms with Gasteiger partial charge in [0.1, 0.15) is 5.75 Å². The van der Waals surface area contributed by atoms with E-state index in [1.54, 1.807) is 37.3 Å². The van der Waals surface area contributed by atoms with Gasteiger partial charge in [0.2, 0.25) is 10.0 Å². The molecule has 2 aliphatic heterocycles. The summed E-state index contributed by atoms with van der Waals surface area (Å²) in [5.74, 6) is 0.456. The molecule has 0 radical (unpaired) electrons. The molecule has 2 aromatic rings. The third-order valence-corrected chi connectivity index (χ3v) is 11.5. The summed E-state index contributed by atoms with van der Waals surface area (Å²) in [5, 5.41) is 11.0. The van der Waals surface area contributed by atoms with Crippen LogP contribution in [0.4, 0.5) is 5.69 Å². The van der Waals surface area contributed by atoms with Crippen molar-refractivity contribution in [3.8, 4) is 5.75 Å². The smallest absolute Gasteiger partial charge is 0.264 e. The van der Waals surface area contributed by atoms with Crippen molar-refractivity contribution in [2.75, 3.05) is 24.6 Å². The second-order valence-corrected chi connectivity index (χ2v) is 14.3. The SMILES string of the molecule is CC[C@H]1/C=C/C[C@H](O)[C@@H]2CC[C@H]2CN2C[C@@]3(CCCc4cc(Cl)ccc43)COc3ccc(cc32)C(=O)NS1(=O)=O. The fourth-order valence-corrected chi connectivity index (χ4v) is 8.61. The molecular formula is C31H37ClN2O5S. The molecule has 2 N–H and O–H groups in total. The largest absolute Gasteiger partial charge is 0.490 e. The molecule has 2 aromatic carbocycles. The van der Waals surface area contributed by atoms with Crippen molar-refractivity contribution >= 4 is 33.2 Å². The molecule has 5 atom stereocenters. The topological polar surface area (TPSA) is 95.9 Å². The summed E-state index contributed by atoms with van der Waals surface area (Å²) in [6.07, 6.45) is 8.47. The van der Waals surface area contributed by atoms with Gasteiger partial charge in [-0.2, -0.15) is 0 Å². The molecule has 0 aromatic heterocycles. The van der Waals surface area contributed by atoms with E-state index in [1.165, 1.54) is 11.1 Å². The number of halogens is 1. The summed E-state index contributed by atoms with van der Waals surface area (Å²) < 4.78 is 35.0. The molecular weight excluding hydrogens is 548 g/mol. The van der Waals surface area contributed by atoms with Crippen LogP contribution in [-0.4, -0.2) is 50.5 Å². The molecule has 214 valence electrons. The van der Waals surface area contributed by atoms with E-state index in [0.717, 1.165) is 49.4 Å². The number of carbonyl (C=O) groups is 1. The summed E-state index contributed by atoms with van der Waals surface area (Å²) in [6, 6.07) is 11.4. The highest BCUT2D eigenvalue weighted by atomic mass is 35.5. The monoisotopic (exact) mass is 584 g/mol. The first-order chi connectivity index (χ1) is 19.2. The minimum Gasteiger partial charge on any atom is -0.490 e. The highest BCUT2D eigenvalue weighted by Gasteiger charge is 2.44. The van der Waals surface area contributed by atoms with Crippen molar-refractivity contribution in [1.82, 2.24) is 4.72 Å². The molecule has 2 heterocycles. The number of nitrogens with zero attached hydrogens (tertiary/aromatic N) is 1. The zero-order valence-corrected chi connectivity index (χ0v) is 24.4. The molecule has 1 fully saturated rings. The molecule has 9 heteroatoms. The van der Waals surface area contributed by atoms with E-state index >= 15 is 0 Å². The summed E-state index contributed by atoms with van der Waals surface area (Å²) >= 11 is 6.37. The average molecular weight is 585 g/mol. The summed E-state index contributed by atoms with van der Waals surface area (Å²) in [6.45, 7) is 3.71. The number of sulfonamides is 1. The number of anilines is 1. The Kier molecular flexibility index (Phi) is 7.38. The number of aliphatic hydroxyl groups excluding tert-OH is 1. The minimum absolute atomic E-state index is 0.135. The highest BCUT2D eigenvalue weighted by Crippen LogP contribution is 2.46. The van der Waals surface area contributed by atoms with Crippen molar-refractivity contribution in [3.05, 3.63) is 70.3 Å². The third-order valence-electron chi connectivity index (χ3n) is 9.49. The van der Waals surface area contributed by atoms with Gasteiger partial charge >= 0.3 is 0 Å². The predicted octanol–water partition coefficient (Wildman–Crippen LogP) is 5.00. The number of hydrogen-bond acceptors (Lipinski definition) is 6. The van der Waals surface area contributed by atoms with Gasteiger partial charge in [0.15, 0.2) is 0 Å². The zero-order chi connectivity index (χ0) is 28.1. The van der Waals surface area contributed by atoms with Crippen LogP contribution in [0.5, 0.6) is 5.75 Å². The molecule has 40 heavy (non-hydrogen) atoms. The third kappa shape index (κ3) is 5.03. The molecule has 0 saturated heterocycles. The van der Waals surface area contributed by atoms with E-state index in [9.17, 15) is 18.3 Å². The molecule has 6 rings (SSSR count). The number of benzene rings is 2. The van der Waals surface area contributed by atoms with Gasteiger partial charge in [-0.05, 0) is 98.2 Å². The Morgan fingerprint density at radius 3 is 2.83 bits per heavy atom. The predicted molar refractivity (Wildman–Crippen MR) is 157 cm³/mol. The van der Waals surface area contributed by atoms with Gasteiger partial charge in [-0.1, -0.05) is 36.7 Å². The number of carbonyl (C=O) groups excluding carboxylic acids is 1. The van der Waals surface area contributed by atoms with Crippen LogP contribution < -0.4 is 14.4 Å². The average Bonchev–Trinajstić information content (AvgIpc) is 3.05. The molecule has 4 aliphatic rings. The highest BCUT2D eigenvalue weighted by molar-refractivity contribution is 7.90. The number of ether oxygens (including phenoxy) is 1. The summed E-state index contributed by atoms with van der Waals surface area (Å²) in [4.78, 5) is 15.6. The molecule has 1 amide bonds. The number of amides is 1. The first-order valence-corrected chi connectivity index (χ1v) is 16.3. The molecule has 1 saturated carbocycles. The maximum Gasteiger partial charge on any atom is 0.264 e. The maximum absolute atomic E-state index is 13.2. The lowest BCUT2D eigenvalue weighted by Crippen LogP contribution is -2.49. The molecule has 1 spiro atoms. The zero-order valence-electron chi connectivity index (χ0n) is 22.8. The van der Waals surface area contributed by atoms with Crippen LogP contribution in [0.15, 0.2) is 48.6 Å². The quantitative estimate of drug-likeness (QED) is 0.458. The van der Waals surface area contributed by atoms with Crippen molar-refractivity contribution < 1.29 is 23.1 Å². The lowest BCUT2D eigenvalue weighted by molar-refractivity contribution is 0.0177. The van der Waals surface area contributed by atoms with Crippen molar-refractivity contribution in [2.45, 2.75) is 68.6 Å². The van der Waals surface area contributed by atoms with Gasteiger partial charge in [-0.15, -0.1) is 0 Å². The van der Waals surface area contributed by atoms with Crippen LogP contribution in [0.1, 0.15) is 66.9 Å². The Bertz CT molecular complexity index is 1440. The van der Waals surface area contributed by atoms with Gasteiger partial charge in [0.05, 0.1) is 23.6 Å². The van der Waals surface area contributed by atoms with E-state index in [0.29, 0.717) is 31.7 Å². The number of hydrogen-bond donors (Lipinski definition) is 2. The Balaban J connectivity index is 1.43. The van der Waals surface area contributed by atoms with Gasteiger partial charge < -0.3 is 14.7 Å². The van der Waals surface area contributed by atoms with Crippen LogP contribution in [-0.2, 0) is 21.9 Å². The molecule has 2 bridgehead atoms. The number of aryl methyl sites for hydroxylation is 1. The molecule has 7 nitrogen and oxygen atoms in total. The van der Waals surface area contributed by atoms with Crippen LogP contribution in [0.3, 0.4) is 0 Å². The first-order valence-electron chi connectivity index (χ1n) is 14.4. The fraction of sp³-hybridized carbons (Fsp3) is 0.516. The summed E-state index contributed by atoms with van der Waals surface area (Å²) in [5.41, 5.74) is 3.34. The van der Waals surface area contributed by atoms with E-state index < -0.39 is 27.3 Å².